The van der Waals surface area contributed by atoms with Crippen LogP contribution in [-0.2, 0) is 6.61 Å². The average Bonchev–Trinajstić information content (AvgIpc) is 3.28. The van der Waals surface area contributed by atoms with Gasteiger partial charge in [0.1, 0.15) is 12.4 Å². The van der Waals surface area contributed by atoms with E-state index in [1.54, 1.807) is 41.7 Å². The highest BCUT2D eigenvalue weighted by molar-refractivity contribution is 8.01. The van der Waals surface area contributed by atoms with Crippen molar-refractivity contribution >= 4 is 44.9 Å². The highest BCUT2D eigenvalue weighted by Gasteiger charge is 2.31. The van der Waals surface area contributed by atoms with Gasteiger partial charge in [-0.05, 0) is 23.8 Å². The summed E-state index contributed by atoms with van der Waals surface area (Å²) in [6.07, 6.45) is 0. The van der Waals surface area contributed by atoms with Crippen LogP contribution in [-0.4, -0.2) is 16.6 Å². The number of ketones is 2. The summed E-state index contributed by atoms with van der Waals surface area (Å²) in [4.78, 5) is 31.8. The number of carbonyl (C=O) groups excluding carboxylic acids is 2. The summed E-state index contributed by atoms with van der Waals surface area (Å²) >= 11 is 2.97. The summed E-state index contributed by atoms with van der Waals surface area (Å²) < 4.78 is 7.78. The number of thiazole rings is 1. The normalized spacial score (nSPS) is 12.5. The number of hydrogen-bond acceptors (Lipinski definition) is 6. The number of carbonyl (C=O) groups is 2. The van der Waals surface area contributed by atoms with E-state index in [2.05, 4.69) is 0 Å². The van der Waals surface area contributed by atoms with Gasteiger partial charge in [0.15, 0.2) is 15.9 Å². The average molecular weight is 480 g/mol. The summed E-state index contributed by atoms with van der Waals surface area (Å²) in [7, 11) is 0. The quantitative estimate of drug-likeness (QED) is 0.272. The molecule has 0 saturated heterocycles. The van der Waals surface area contributed by atoms with Crippen LogP contribution >= 0.6 is 23.1 Å². The van der Waals surface area contributed by atoms with Gasteiger partial charge in [-0.1, -0.05) is 78.5 Å². The third kappa shape index (κ3) is 3.71. The first-order valence-electron chi connectivity index (χ1n) is 10.7. The second kappa shape index (κ2) is 8.56. The zero-order valence-electron chi connectivity index (χ0n) is 17.9. The van der Waals surface area contributed by atoms with Crippen LogP contribution in [0.1, 0.15) is 37.4 Å². The fourth-order valence-corrected chi connectivity index (χ4v) is 6.22. The number of fused-ring (bicyclic) bond motifs is 3. The zero-order chi connectivity index (χ0) is 23.1. The smallest absolute Gasteiger partial charge is 0.195 e. The van der Waals surface area contributed by atoms with Crippen molar-refractivity contribution in [3.05, 3.63) is 119 Å². The van der Waals surface area contributed by atoms with Crippen molar-refractivity contribution in [1.29, 1.82) is 0 Å². The Kier molecular flexibility index (Phi) is 5.24. The molecule has 4 nitrogen and oxygen atoms in total. The SMILES string of the molecule is O=C1c2ccccc2C(=O)c2c(Sc3nc4cc(OCc5ccccc5)ccc4s3)cccc21. The molecule has 164 valence electrons. The Balaban J connectivity index is 1.29. The molecule has 4 aromatic carbocycles. The number of aromatic nitrogens is 1. The number of hydrogen-bond donors (Lipinski definition) is 0. The van der Waals surface area contributed by atoms with Crippen molar-refractivity contribution < 1.29 is 14.3 Å². The van der Waals surface area contributed by atoms with Gasteiger partial charge in [0.25, 0.3) is 0 Å². The molecular weight excluding hydrogens is 462 g/mol. The van der Waals surface area contributed by atoms with Crippen molar-refractivity contribution in [3.8, 4) is 5.75 Å². The van der Waals surface area contributed by atoms with Crippen molar-refractivity contribution in [1.82, 2.24) is 4.98 Å². The molecule has 0 radical (unpaired) electrons. The lowest BCUT2D eigenvalue weighted by Gasteiger charge is -2.19. The molecule has 6 heteroatoms. The van der Waals surface area contributed by atoms with Crippen molar-refractivity contribution in [3.63, 3.8) is 0 Å². The summed E-state index contributed by atoms with van der Waals surface area (Å²) in [5, 5.41) is 0. The van der Waals surface area contributed by atoms with E-state index in [4.69, 9.17) is 9.72 Å². The minimum Gasteiger partial charge on any atom is -0.489 e. The monoisotopic (exact) mass is 479 g/mol. The number of rotatable bonds is 5. The van der Waals surface area contributed by atoms with Crippen LogP contribution in [0.5, 0.6) is 5.75 Å². The largest absolute Gasteiger partial charge is 0.489 e. The lowest BCUT2D eigenvalue weighted by Crippen LogP contribution is -2.21. The molecule has 1 aliphatic rings. The molecule has 0 spiro atoms. The van der Waals surface area contributed by atoms with Gasteiger partial charge in [-0.2, -0.15) is 0 Å². The Morgan fingerprint density at radius 3 is 2.32 bits per heavy atom. The Bertz CT molecular complexity index is 1570. The van der Waals surface area contributed by atoms with E-state index in [0.29, 0.717) is 28.9 Å². The van der Waals surface area contributed by atoms with Crippen LogP contribution in [0, 0.1) is 0 Å². The van der Waals surface area contributed by atoms with Crippen LogP contribution in [0.2, 0.25) is 0 Å². The van der Waals surface area contributed by atoms with Crippen LogP contribution in [0.15, 0.2) is 100 Å². The van der Waals surface area contributed by atoms with E-state index in [1.807, 2.05) is 60.7 Å². The first-order chi connectivity index (χ1) is 16.7. The Labute approximate surface area is 204 Å². The fourth-order valence-electron chi connectivity index (χ4n) is 4.05. The summed E-state index contributed by atoms with van der Waals surface area (Å²) in [6, 6.07) is 28.3. The van der Waals surface area contributed by atoms with E-state index < -0.39 is 0 Å². The fraction of sp³-hybridized carbons (Fsp3) is 0.0357. The first-order valence-corrected chi connectivity index (χ1v) is 12.4. The molecule has 0 N–H and O–H groups in total. The maximum atomic E-state index is 13.3. The van der Waals surface area contributed by atoms with E-state index in [-0.39, 0.29) is 11.6 Å². The van der Waals surface area contributed by atoms with Gasteiger partial charge in [0.05, 0.1) is 10.2 Å². The standard InChI is InChI=1S/C28H17NO3S2/c30-26-19-9-4-5-10-20(19)27(31)25-21(26)11-6-12-24(25)34-28-29-22-15-18(13-14-23(22)33-28)32-16-17-7-2-1-3-8-17/h1-15H,16H2. The molecule has 5 aromatic rings. The molecule has 0 aliphatic heterocycles. The molecular formula is C28H17NO3S2. The van der Waals surface area contributed by atoms with Gasteiger partial charge in [0.2, 0.25) is 0 Å². The maximum Gasteiger partial charge on any atom is 0.195 e. The lowest BCUT2D eigenvalue weighted by atomic mass is 9.84. The lowest BCUT2D eigenvalue weighted by molar-refractivity contribution is 0.0977. The molecule has 0 amide bonds. The Hall–Kier alpha value is -3.74. The third-order valence-corrected chi connectivity index (χ3v) is 7.86. The molecule has 6 rings (SSSR count). The Morgan fingerprint density at radius 2 is 1.50 bits per heavy atom. The predicted molar refractivity (Wildman–Crippen MR) is 134 cm³/mol. The molecule has 0 bridgehead atoms. The molecule has 0 atom stereocenters. The topological polar surface area (TPSA) is 56.3 Å². The van der Waals surface area contributed by atoms with E-state index >= 15 is 0 Å². The van der Waals surface area contributed by atoms with Crippen LogP contribution < -0.4 is 4.74 Å². The van der Waals surface area contributed by atoms with Crippen molar-refractivity contribution in [2.45, 2.75) is 15.8 Å². The van der Waals surface area contributed by atoms with Gasteiger partial charge in [-0.3, -0.25) is 9.59 Å². The summed E-state index contributed by atoms with van der Waals surface area (Å²) in [5.74, 6) is 0.524. The van der Waals surface area contributed by atoms with Gasteiger partial charge < -0.3 is 4.74 Å². The molecule has 0 saturated carbocycles. The van der Waals surface area contributed by atoms with Gasteiger partial charge in [0, 0.05) is 33.2 Å². The predicted octanol–water partition coefficient (Wildman–Crippen LogP) is 6.80. The Morgan fingerprint density at radius 1 is 0.765 bits per heavy atom. The molecule has 1 aromatic heterocycles. The van der Waals surface area contributed by atoms with Crippen LogP contribution in [0.25, 0.3) is 10.2 Å². The number of benzene rings is 4. The molecule has 34 heavy (non-hydrogen) atoms. The molecule has 0 unspecified atom stereocenters. The van der Waals surface area contributed by atoms with E-state index in [0.717, 1.165) is 30.8 Å². The minimum absolute atomic E-state index is 0.114. The third-order valence-electron chi connectivity index (χ3n) is 5.70. The molecule has 1 heterocycles. The van der Waals surface area contributed by atoms with E-state index in [1.165, 1.54) is 11.8 Å². The van der Waals surface area contributed by atoms with Gasteiger partial charge in [-0.15, -0.1) is 11.3 Å². The first kappa shape index (κ1) is 20.8. The number of nitrogens with zero attached hydrogens (tertiary/aromatic N) is 1. The highest BCUT2D eigenvalue weighted by Crippen LogP contribution is 2.40. The van der Waals surface area contributed by atoms with Crippen molar-refractivity contribution in [2.24, 2.45) is 0 Å². The zero-order valence-corrected chi connectivity index (χ0v) is 19.5. The summed E-state index contributed by atoms with van der Waals surface area (Å²) in [6.45, 7) is 0.492. The van der Waals surface area contributed by atoms with E-state index in [9.17, 15) is 9.59 Å². The minimum atomic E-state index is -0.119. The van der Waals surface area contributed by atoms with Crippen LogP contribution in [0.3, 0.4) is 0 Å². The second-order valence-corrected chi connectivity index (χ2v) is 10.2. The van der Waals surface area contributed by atoms with Crippen LogP contribution in [0.4, 0.5) is 0 Å². The molecule has 1 aliphatic carbocycles. The van der Waals surface area contributed by atoms with Crippen molar-refractivity contribution in [2.75, 3.05) is 0 Å². The summed E-state index contributed by atoms with van der Waals surface area (Å²) in [5.41, 5.74) is 3.78. The number of ether oxygens (including phenoxy) is 1. The second-order valence-electron chi connectivity index (χ2n) is 7.87. The van der Waals surface area contributed by atoms with Gasteiger partial charge in [-0.25, -0.2) is 4.98 Å². The van der Waals surface area contributed by atoms with Gasteiger partial charge >= 0.3 is 0 Å². The highest BCUT2D eigenvalue weighted by atomic mass is 32.2. The maximum absolute atomic E-state index is 13.3. The molecule has 0 fully saturated rings.